The van der Waals surface area contributed by atoms with E-state index in [-0.39, 0.29) is 49.5 Å². The minimum absolute atomic E-state index is 0.0189. The van der Waals surface area contributed by atoms with Gasteiger partial charge in [0.05, 0.1) is 41.4 Å². The summed E-state index contributed by atoms with van der Waals surface area (Å²) >= 11 is 0. The summed E-state index contributed by atoms with van der Waals surface area (Å²) in [4.78, 5) is 38.4. The Morgan fingerprint density at radius 1 is 1.11 bits per heavy atom. The molecule has 2 atom stereocenters. The summed E-state index contributed by atoms with van der Waals surface area (Å²) in [6.45, 7) is 3.69. The lowest BCUT2D eigenvalue weighted by atomic mass is 9.81. The molecule has 9 nitrogen and oxygen atoms in total. The van der Waals surface area contributed by atoms with Gasteiger partial charge < -0.3 is 10.6 Å². The van der Waals surface area contributed by atoms with Crippen molar-refractivity contribution >= 4 is 17.5 Å². The Morgan fingerprint density at radius 2 is 1.84 bits per heavy atom. The smallest absolute Gasteiger partial charge is 0.255 e. The van der Waals surface area contributed by atoms with Gasteiger partial charge in [-0.15, -0.1) is 0 Å². The van der Waals surface area contributed by atoms with Gasteiger partial charge in [0.2, 0.25) is 11.8 Å². The van der Waals surface area contributed by atoms with Crippen molar-refractivity contribution in [1.82, 2.24) is 35.2 Å². The molecule has 2 amide bonds. The van der Waals surface area contributed by atoms with Crippen molar-refractivity contribution in [3.63, 3.8) is 0 Å². The highest BCUT2D eigenvalue weighted by atomic mass is 19.3. The number of imidazole rings is 1. The number of carbonyl (C=O) groups excluding carboxylic acids is 2. The predicted octanol–water partition coefficient (Wildman–Crippen LogP) is 4.49. The number of aromatic nitrogens is 5. The molecular weight excluding hydrogens is 492 g/mol. The third-order valence-corrected chi connectivity index (χ3v) is 7.60. The molecule has 3 aromatic heterocycles. The number of hydrogen-bond acceptors (Lipinski definition) is 6. The minimum atomic E-state index is -2.69. The molecule has 3 heterocycles. The maximum atomic E-state index is 14.0. The highest BCUT2D eigenvalue weighted by Gasteiger charge is 2.40. The molecule has 0 bridgehead atoms. The first-order valence-corrected chi connectivity index (χ1v) is 13.3. The van der Waals surface area contributed by atoms with Crippen LogP contribution in [0.1, 0.15) is 97.7 Å². The molecule has 3 aromatic rings. The molecule has 11 heteroatoms. The van der Waals surface area contributed by atoms with Crippen LogP contribution in [0.15, 0.2) is 31.0 Å². The first kappa shape index (κ1) is 26.1. The number of alkyl halides is 2. The Bertz CT molecular complexity index is 1310. The van der Waals surface area contributed by atoms with E-state index in [4.69, 9.17) is 4.98 Å². The quantitative estimate of drug-likeness (QED) is 0.426. The lowest BCUT2D eigenvalue weighted by molar-refractivity contribution is -0.122. The fourth-order valence-electron chi connectivity index (χ4n) is 5.27. The van der Waals surface area contributed by atoms with Gasteiger partial charge >= 0.3 is 0 Å². The van der Waals surface area contributed by atoms with Crippen LogP contribution in [0.2, 0.25) is 0 Å². The minimum Gasteiger partial charge on any atom is -0.349 e. The molecule has 0 aliphatic heterocycles. The molecule has 0 unspecified atom stereocenters. The monoisotopic (exact) mass is 525 g/mol. The molecule has 2 aliphatic rings. The number of aryl methyl sites for hydroxylation is 1. The van der Waals surface area contributed by atoms with E-state index in [9.17, 15) is 18.4 Å². The van der Waals surface area contributed by atoms with Crippen molar-refractivity contribution < 1.29 is 18.4 Å². The molecule has 0 radical (unpaired) electrons. The van der Waals surface area contributed by atoms with E-state index in [2.05, 4.69) is 25.7 Å². The van der Waals surface area contributed by atoms with Crippen molar-refractivity contribution in [3.05, 3.63) is 53.5 Å². The summed E-state index contributed by atoms with van der Waals surface area (Å²) in [6, 6.07) is 1.21. The Hall–Kier alpha value is -3.50. The fourth-order valence-corrected chi connectivity index (χ4v) is 5.27. The summed E-state index contributed by atoms with van der Waals surface area (Å²) in [5, 5.41) is 10.7. The molecule has 0 saturated heterocycles. The lowest BCUT2D eigenvalue weighted by Gasteiger charge is -2.33. The van der Waals surface area contributed by atoms with Crippen LogP contribution < -0.4 is 10.6 Å². The highest BCUT2D eigenvalue weighted by molar-refractivity contribution is 5.95. The number of carbonyl (C=O) groups is 2. The van der Waals surface area contributed by atoms with Crippen LogP contribution in [0.3, 0.4) is 0 Å². The van der Waals surface area contributed by atoms with Crippen molar-refractivity contribution in [2.75, 3.05) is 0 Å². The van der Waals surface area contributed by atoms with E-state index in [1.807, 2.05) is 13.0 Å². The van der Waals surface area contributed by atoms with Crippen molar-refractivity contribution in [2.24, 2.45) is 11.8 Å². The molecule has 2 N–H and O–H groups in total. The third kappa shape index (κ3) is 5.81. The van der Waals surface area contributed by atoms with Crippen molar-refractivity contribution in [2.45, 2.75) is 83.2 Å². The Balaban J connectivity index is 1.44. The number of hydrogen-bond donors (Lipinski definition) is 2. The summed E-state index contributed by atoms with van der Waals surface area (Å²) in [5.74, 6) is -2.87. The van der Waals surface area contributed by atoms with Crippen LogP contribution in [0, 0.1) is 18.8 Å². The van der Waals surface area contributed by atoms with E-state index in [1.165, 1.54) is 12.5 Å². The molecular formula is C27H33F2N7O2. The van der Waals surface area contributed by atoms with Gasteiger partial charge in [-0.2, -0.15) is 5.10 Å². The van der Waals surface area contributed by atoms with Crippen LogP contribution in [0.5, 0.6) is 0 Å². The second kappa shape index (κ2) is 10.7. The van der Waals surface area contributed by atoms with Gasteiger partial charge in [0.25, 0.3) is 5.91 Å². The van der Waals surface area contributed by atoms with Gasteiger partial charge in [0, 0.05) is 25.5 Å². The first-order valence-electron chi connectivity index (χ1n) is 13.3. The standard InChI is InChI=1S/C27H33F2N7O2/c1-3-4-23(37)34-24(17-5-6-17)19-11-22-33-21(14-36(22)32-12-19)25(18-7-9-27(28,29)10-8-18)35-26(38)20-13-30-15-31-16(20)2/h11-15,17-18,24-25H,3-10H2,1-2H3,(H,34,37)(H,35,38)/t24-,25+/m1/s1. The van der Waals surface area contributed by atoms with Crippen LogP contribution in [0.25, 0.3) is 5.65 Å². The largest absolute Gasteiger partial charge is 0.349 e. The Kier molecular flexibility index (Phi) is 7.36. The zero-order valence-electron chi connectivity index (χ0n) is 21.7. The molecule has 5 rings (SSSR count). The Labute approximate surface area is 219 Å². The lowest BCUT2D eigenvalue weighted by Crippen LogP contribution is -2.37. The first-order chi connectivity index (χ1) is 18.2. The maximum absolute atomic E-state index is 14.0. The SMILES string of the molecule is CCCC(=O)N[C@@H](c1cnn2cc([C@@H](NC(=O)c3cncnc3C)C3CCC(F)(F)CC3)nc2c1)C1CC1. The number of halogens is 2. The van der Waals surface area contributed by atoms with Crippen molar-refractivity contribution in [1.29, 1.82) is 0 Å². The number of nitrogens with zero attached hydrogens (tertiary/aromatic N) is 5. The van der Waals surface area contributed by atoms with E-state index in [1.54, 1.807) is 23.8 Å². The summed E-state index contributed by atoms with van der Waals surface area (Å²) in [7, 11) is 0. The van der Waals surface area contributed by atoms with Gasteiger partial charge in [-0.3, -0.25) is 9.59 Å². The summed E-state index contributed by atoms with van der Waals surface area (Å²) in [5.41, 5.74) is 2.89. The van der Waals surface area contributed by atoms with E-state index in [0.29, 0.717) is 34.9 Å². The van der Waals surface area contributed by atoms with Crippen molar-refractivity contribution in [3.8, 4) is 0 Å². The molecule has 0 spiro atoms. The maximum Gasteiger partial charge on any atom is 0.255 e. The zero-order chi connectivity index (χ0) is 26.9. The summed E-state index contributed by atoms with van der Waals surface area (Å²) in [6.07, 6.45) is 9.73. The Morgan fingerprint density at radius 3 is 2.53 bits per heavy atom. The van der Waals surface area contributed by atoms with E-state index < -0.39 is 12.0 Å². The average molecular weight is 526 g/mol. The van der Waals surface area contributed by atoms with E-state index >= 15 is 0 Å². The number of amides is 2. The van der Waals surface area contributed by atoms with Crippen LogP contribution in [-0.2, 0) is 4.79 Å². The molecule has 38 heavy (non-hydrogen) atoms. The normalized spacial score (nSPS) is 19.2. The molecule has 2 aliphatic carbocycles. The molecule has 2 saturated carbocycles. The number of nitrogens with one attached hydrogen (secondary N) is 2. The molecule has 0 aromatic carbocycles. The zero-order valence-corrected chi connectivity index (χ0v) is 21.7. The van der Waals surface area contributed by atoms with Gasteiger partial charge in [-0.1, -0.05) is 6.92 Å². The molecule has 202 valence electrons. The molecule has 2 fully saturated rings. The second-order valence-electron chi connectivity index (χ2n) is 10.6. The third-order valence-electron chi connectivity index (χ3n) is 7.60. The van der Waals surface area contributed by atoms with E-state index in [0.717, 1.165) is 24.8 Å². The van der Waals surface area contributed by atoms with Crippen LogP contribution in [-0.4, -0.2) is 42.3 Å². The number of fused-ring (bicyclic) bond motifs is 1. The van der Waals surface area contributed by atoms with Gasteiger partial charge in [-0.05, 0) is 62.5 Å². The van der Waals surface area contributed by atoms with Gasteiger partial charge in [0.1, 0.15) is 6.33 Å². The van der Waals surface area contributed by atoms with Gasteiger partial charge in [0.15, 0.2) is 5.65 Å². The number of rotatable bonds is 9. The summed E-state index contributed by atoms with van der Waals surface area (Å²) < 4.78 is 29.5. The van der Waals surface area contributed by atoms with Crippen LogP contribution >= 0.6 is 0 Å². The van der Waals surface area contributed by atoms with Crippen LogP contribution in [0.4, 0.5) is 8.78 Å². The van der Waals surface area contributed by atoms with Gasteiger partial charge in [-0.25, -0.2) is 28.2 Å². The predicted molar refractivity (Wildman–Crippen MR) is 135 cm³/mol. The average Bonchev–Trinajstić information content (AvgIpc) is 3.64. The second-order valence-corrected chi connectivity index (χ2v) is 10.6. The highest BCUT2D eigenvalue weighted by Crippen LogP contribution is 2.42. The topological polar surface area (TPSA) is 114 Å². The fraction of sp³-hybridized carbons (Fsp3) is 0.556.